The summed E-state index contributed by atoms with van der Waals surface area (Å²) in [6.07, 6.45) is 3.59. The van der Waals surface area contributed by atoms with Crippen molar-refractivity contribution in [3.8, 4) is 17.1 Å². The number of benzene rings is 1. The number of aromatic nitrogens is 5. The minimum atomic E-state index is -2.74. The monoisotopic (exact) mass is 420 g/mol. The number of methoxy groups -OCH3 is 1. The molecule has 0 saturated heterocycles. The van der Waals surface area contributed by atoms with Crippen LogP contribution in [0.25, 0.3) is 11.4 Å². The fourth-order valence-electron chi connectivity index (χ4n) is 2.82. The maximum absolute atomic E-state index is 14.5. The van der Waals surface area contributed by atoms with E-state index in [4.69, 9.17) is 20.5 Å². The van der Waals surface area contributed by atoms with Gasteiger partial charge < -0.3 is 15.4 Å². The van der Waals surface area contributed by atoms with Crippen molar-refractivity contribution in [1.29, 1.82) is 0 Å². The number of rotatable bonds is 6. The van der Waals surface area contributed by atoms with Gasteiger partial charge in [0.05, 0.1) is 30.1 Å². The Labute approximate surface area is 174 Å². The second-order valence-electron chi connectivity index (χ2n) is 6.32. The van der Waals surface area contributed by atoms with Crippen molar-refractivity contribution in [2.45, 2.75) is 18.9 Å². The fraction of sp³-hybridized carbons (Fsp3) is 0.278. The summed E-state index contributed by atoms with van der Waals surface area (Å²) in [5.41, 5.74) is 0.0564. The summed E-state index contributed by atoms with van der Waals surface area (Å²) in [5.74, 6) is -1.16. The van der Waals surface area contributed by atoms with Crippen LogP contribution in [0.15, 0.2) is 24.5 Å². The first-order valence-corrected chi connectivity index (χ1v) is 8.94. The second-order valence-corrected chi connectivity index (χ2v) is 6.71. The van der Waals surface area contributed by atoms with Crippen LogP contribution in [0, 0.1) is 5.82 Å². The Kier molecular flexibility index (Phi) is 4.11. The Morgan fingerprint density at radius 3 is 2.90 bits per heavy atom. The molecule has 1 aromatic carbocycles. The molecule has 9 nitrogen and oxygen atoms in total. The van der Waals surface area contributed by atoms with Crippen molar-refractivity contribution >= 4 is 28.9 Å². The van der Waals surface area contributed by atoms with Crippen molar-refractivity contribution in [2.75, 3.05) is 19.4 Å². The van der Waals surface area contributed by atoms with Gasteiger partial charge in [-0.15, -0.1) is 10.2 Å². The van der Waals surface area contributed by atoms with E-state index in [1.165, 1.54) is 19.2 Å². The lowest BCUT2D eigenvalue weighted by atomic mass is 10.1. The van der Waals surface area contributed by atoms with Gasteiger partial charge in [0.25, 0.3) is 5.91 Å². The van der Waals surface area contributed by atoms with Gasteiger partial charge in [0, 0.05) is 23.2 Å². The van der Waals surface area contributed by atoms with Crippen molar-refractivity contribution < 1.29 is 18.0 Å². The molecule has 1 aliphatic carbocycles. The first-order valence-electron chi connectivity index (χ1n) is 10.1. The van der Waals surface area contributed by atoms with Crippen molar-refractivity contribution in [3.63, 3.8) is 0 Å². The summed E-state index contributed by atoms with van der Waals surface area (Å²) in [4.78, 5) is 16.6. The number of amides is 1. The Morgan fingerprint density at radius 2 is 2.17 bits per heavy atom. The number of nitrogens with one attached hydrogen (secondary N) is 2. The van der Waals surface area contributed by atoms with Crippen LogP contribution in [0.2, 0.25) is 5.15 Å². The zero-order valence-electron chi connectivity index (χ0n) is 18.1. The van der Waals surface area contributed by atoms with Gasteiger partial charge in [0.1, 0.15) is 12.1 Å². The van der Waals surface area contributed by atoms with E-state index in [1.807, 2.05) is 5.32 Å². The molecule has 29 heavy (non-hydrogen) atoms. The summed E-state index contributed by atoms with van der Waals surface area (Å²) >= 11 is 5.91. The van der Waals surface area contributed by atoms with Crippen molar-refractivity contribution in [1.82, 2.24) is 30.3 Å². The van der Waals surface area contributed by atoms with Gasteiger partial charge in [-0.05, 0) is 18.9 Å². The predicted octanol–water partition coefficient (Wildman–Crippen LogP) is 2.97. The lowest BCUT2D eigenvalue weighted by Gasteiger charge is -2.15. The Balaban J connectivity index is 1.74. The predicted molar refractivity (Wildman–Crippen MR) is 104 cm³/mol. The van der Waals surface area contributed by atoms with Gasteiger partial charge in [0.15, 0.2) is 22.4 Å². The maximum Gasteiger partial charge on any atom is 0.273 e. The summed E-state index contributed by atoms with van der Waals surface area (Å²) in [6, 6.07) is 3.92. The van der Waals surface area contributed by atoms with Gasteiger partial charge in [-0.25, -0.2) is 14.1 Å². The van der Waals surface area contributed by atoms with E-state index in [-0.39, 0.29) is 45.4 Å². The lowest BCUT2D eigenvalue weighted by molar-refractivity contribution is 0.0958. The van der Waals surface area contributed by atoms with Crippen LogP contribution >= 0.6 is 11.6 Å². The van der Waals surface area contributed by atoms with Crippen LogP contribution in [0.3, 0.4) is 0 Å². The average molecular weight is 421 g/mol. The van der Waals surface area contributed by atoms with E-state index in [0.29, 0.717) is 0 Å². The van der Waals surface area contributed by atoms with Crippen LogP contribution in [0.1, 0.15) is 33.5 Å². The zero-order valence-corrected chi connectivity index (χ0v) is 15.9. The Bertz CT molecular complexity index is 1180. The molecule has 0 aliphatic heterocycles. The standard InChI is InChI=1S/C18H17ClFN7O2/c1-21-18(28)15-12(7-14(19)24-25-15)23-13-6-9(20)5-11(16(13)29-2)17-22-8-27(26-17)10-3-4-10/h5-8,10H,3-4H2,1-2H3,(H,21,28)(H,23,24)/i1D3. The molecule has 2 heterocycles. The summed E-state index contributed by atoms with van der Waals surface area (Å²) in [5, 5.41) is 16.3. The number of anilines is 2. The van der Waals surface area contributed by atoms with E-state index in [0.717, 1.165) is 18.9 Å². The molecule has 1 fully saturated rings. The van der Waals surface area contributed by atoms with Crippen molar-refractivity contribution in [3.05, 3.63) is 41.2 Å². The maximum atomic E-state index is 14.5. The molecule has 11 heteroatoms. The van der Waals surface area contributed by atoms with Gasteiger partial charge >= 0.3 is 0 Å². The number of ether oxygens (including phenoxy) is 1. The highest BCUT2D eigenvalue weighted by atomic mass is 35.5. The van der Waals surface area contributed by atoms with Crippen LogP contribution in [-0.2, 0) is 0 Å². The number of carbonyl (C=O) groups is 1. The zero-order chi connectivity index (χ0) is 23.0. The molecule has 2 aromatic heterocycles. The van der Waals surface area contributed by atoms with E-state index >= 15 is 0 Å². The molecule has 4 rings (SSSR count). The Morgan fingerprint density at radius 1 is 1.34 bits per heavy atom. The van der Waals surface area contributed by atoms with Crippen molar-refractivity contribution in [2.24, 2.45) is 0 Å². The van der Waals surface area contributed by atoms with E-state index in [2.05, 4.69) is 25.6 Å². The normalized spacial score (nSPS) is 15.2. The summed E-state index contributed by atoms with van der Waals surface area (Å²) in [7, 11) is 1.39. The molecule has 3 aromatic rings. The molecular formula is C18H17ClFN7O2. The first kappa shape index (κ1) is 15.6. The third-order valence-electron chi connectivity index (χ3n) is 4.29. The fourth-order valence-corrected chi connectivity index (χ4v) is 2.97. The van der Waals surface area contributed by atoms with E-state index < -0.39 is 18.7 Å². The molecule has 2 N–H and O–H groups in total. The average Bonchev–Trinajstić information content (AvgIpc) is 3.43. The molecule has 0 radical (unpaired) electrons. The summed E-state index contributed by atoms with van der Waals surface area (Å²) < 4.78 is 43.4. The lowest BCUT2D eigenvalue weighted by Crippen LogP contribution is -2.21. The van der Waals surface area contributed by atoms with Gasteiger partial charge in [-0.2, -0.15) is 5.10 Å². The summed E-state index contributed by atoms with van der Waals surface area (Å²) in [6.45, 7) is -2.74. The smallest absolute Gasteiger partial charge is 0.273 e. The van der Waals surface area contributed by atoms with Crippen LogP contribution in [-0.4, -0.2) is 45.0 Å². The topological polar surface area (TPSA) is 107 Å². The minimum Gasteiger partial charge on any atom is -0.494 e. The second kappa shape index (κ2) is 7.63. The molecule has 1 saturated carbocycles. The van der Waals surface area contributed by atoms with Gasteiger partial charge in [-0.3, -0.25) is 4.79 Å². The highest BCUT2D eigenvalue weighted by Crippen LogP contribution is 2.39. The largest absolute Gasteiger partial charge is 0.494 e. The number of nitrogens with zero attached hydrogens (tertiary/aromatic N) is 5. The van der Waals surface area contributed by atoms with Gasteiger partial charge in [-0.1, -0.05) is 11.6 Å². The number of hydrogen-bond acceptors (Lipinski definition) is 7. The van der Waals surface area contributed by atoms with Crippen LogP contribution in [0.5, 0.6) is 5.75 Å². The first-order chi connectivity index (χ1) is 15.1. The number of halogens is 2. The van der Waals surface area contributed by atoms with E-state index in [1.54, 1.807) is 11.0 Å². The van der Waals surface area contributed by atoms with E-state index in [9.17, 15) is 9.18 Å². The third kappa shape index (κ3) is 3.83. The van der Waals surface area contributed by atoms with Crippen LogP contribution < -0.4 is 15.4 Å². The number of hydrogen-bond donors (Lipinski definition) is 2. The molecule has 0 unspecified atom stereocenters. The molecule has 150 valence electrons. The van der Waals surface area contributed by atoms with Crippen LogP contribution in [0.4, 0.5) is 15.8 Å². The SMILES string of the molecule is [2H]C([2H])([2H])NC(=O)c1nnc(Cl)cc1Nc1cc(F)cc(-c2ncn(C3CC3)n2)c1OC. The molecule has 0 atom stereocenters. The highest BCUT2D eigenvalue weighted by molar-refractivity contribution is 6.29. The van der Waals surface area contributed by atoms with Gasteiger partial charge in [0.2, 0.25) is 0 Å². The Hall–Kier alpha value is -3.27. The molecule has 1 aliphatic rings. The molecule has 0 bridgehead atoms. The number of carbonyl (C=O) groups excluding carboxylic acids is 1. The quantitative estimate of drug-likeness (QED) is 0.631. The highest BCUT2D eigenvalue weighted by Gasteiger charge is 2.26. The molecule has 1 amide bonds. The molecular weight excluding hydrogens is 401 g/mol. The molecule has 0 spiro atoms. The minimum absolute atomic E-state index is 0.00179. The third-order valence-corrected chi connectivity index (χ3v) is 4.47.